The second kappa shape index (κ2) is 3.33. The molecule has 1 rings (SSSR count). The van der Waals surface area contributed by atoms with E-state index in [2.05, 4.69) is 14.9 Å². The standard InChI is InChI=1S/C2H2N2O.Na/c1-2-5-4-3-1;/h1-2H;. The molecule has 0 amide bonds. The molecule has 0 saturated heterocycles. The molecule has 27 valence electrons. The summed E-state index contributed by atoms with van der Waals surface area (Å²) in [5, 5.41) is 6.40. The number of aromatic nitrogens is 2. The van der Waals surface area contributed by atoms with Gasteiger partial charge in [0.05, 0.1) is 6.20 Å². The molecule has 0 aliphatic heterocycles. The first-order valence-electron chi connectivity index (χ1n) is 1.21. The van der Waals surface area contributed by atoms with E-state index >= 15 is 0 Å². The van der Waals surface area contributed by atoms with Crippen LogP contribution in [0.15, 0.2) is 17.0 Å². The molecular weight excluding hydrogens is 91.0 g/mol. The second-order valence-corrected chi connectivity index (χ2v) is 0.588. The van der Waals surface area contributed by atoms with E-state index in [1.807, 2.05) is 0 Å². The fraction of sp³-hybridized carbons (Fsp3) is 0. The molecule has 0 bridgehead atoms. The molecule has 0 atom stereocenters. The van der Waals surface area contributed by atoms with E-state index in [0.717, 1.165) is 0 Å². The molecule has 0 spiro atoms. The third-order valence-corrected chi connectivity index (χ3v) is 0.283. The van der Waals surface area contributed by atoms with Crippen LogP contribution in [0.1, 0.15) is 0 Å². The molecule has 1 radical (unpaired) electrons. The van der Waals surface area contributed by atoms with Gasteiger partial charge in [-0.15, -0.1) is 5.10 Å². The maximum Gasteiger partial charge on any atom is 0.144 e. The molecule has 1 heterocycles. The molecule has 0 unspecified atom stereocenters. The Kier molecular flexibility index (Phi) is 3.41. The van der Waals surface area contributed by atoms with E-state index in [1.165, 1.54) is 12.5 Å². The summed E-state index contributed by atoms with van der Waals surface area (Å²) in [6.07, 6.45) is 2.88. The quantitative estimate of drug-likeness (QED) is 0.413. The zero-order chi connectivity index (χ0) is 3.54. The van der Waals surface area contributed by atoms with Crippen molar-refractivity contribution in [2.24, 2.45) is 0 Å². The van der Waals surface area contributed by atoms with E-state index in [-0.39, 0.29) is 29.6 Å². The third-order valence-electron chi connectivity index (χ3n) is 0.283. The first-order valence-corrected chi connectivity index (χ1v) is 1.21. The summed E-state index contributed by atoms with van der Waals surface area (Å²) in [4.78, 5) is 0. The first kappa shape index (κ1) is 6.14. The van der Waals surface area contributed by atoms with Crippen molar-refractivity contribution < 1.29 is 4.52 Å². The van der Waals surface area contributed by atoms with Crippen LogP contribution in [0.2, 0.25) is 0 Å². The summed E-state index contributed by atoms with van der Waals surface area (Å²) in [5.41, 5.74) is 0. The molecule has 0 aliphatic carbocycles. The van der Waals surface area contributed by atoms with Gasteiger partial charge in [-0.05, 0) is 0 Å². The predicted molar refractivity (Wildman–Crippen MR) is 20.1 cm³/mol. The summed E-state index contributed by atoms with van der Waals surface area (Å²) in [6, 6.07) is 0. The molecule has 0 aliphatic rings. The van der Waals surface area contributed by atoms with Crippen molar-refractivity contribution in [1.82, 2.24) is 10.4 Å². The van der Waals surface area contributed by atoms with Gasteiger partial charge in [0.1, 0.15) is 6.26 Å². The van der Waals surface area contributed by atoms with E-state index in [4.69, 9.17) is 0 Å². The van der Waals surface area contributed by atoms with Gasteiger partial charge >= 0.3 is 0 Å². The molecule has 1 aromatic rings. The number of nitrogens with zero attached hydrogens (tertiary/aromatic N) is 2. The Morgan fingerprint density at radius 2 is 2.33 bits per heavy atom. The predicted octanol–water partition coefficient (Wildman–Crippen LogP) is -0.311. The Bertz CT molecular complexity index is 68.0. The van der Waals surface area contributed by atoms with Crippen LogP contribution in [-0.4, -0.2) is 39.9 Å². The van der Waals surface area contributed by atoms with Gasteiger partial charge in [0.2, 0.25) is 0 Å². The van der Waals surface area contributed by atoms with Gasteiger partial charge in [-0.1, -0.05) is 0 Å². The maximum atomic E-state index is 4.22. The van der Waals surface area contributed by atoms with Gasteiger partial charge in [0.25, 0.3) is 0 Å². The Balaban J connectivity index is 0.000000250. The van der Waals surface area contributed by atoms with E-state index in [9.17, 15) is 0 Å². The largest absolute Gasteiger partial charge is 0.346 e. The third kappa shape index (κ3) is 1.55. The van der Waals surface area contributed by atoms with Crippen LogP contribution in [0.3, 0.4) is 0 Å². The summed E-state index contributed by atoms with van der Waals surface area (Å²) < 4.78 is 4.22. The maximum absolute atomic E-state index is 4.22. The van der Waals surface area contributed by atoms with Crippen molar-refractivity contribution in [2.45, 2.75) is 0 Å². The number of hydrogen-bond donors (Lipinski definition) is 0. The van der Waals surface area contributed by atoms with Gasteiger partial charge < -0.3 is 4.52 Å². The molecule has 3 nitrogen and oxygen atoms in total. The topological polar surface area (TPSA) is 38.9 Å². The van der Waals surface area contributed by atoms with Gasteiger partial charge in [-0.25, -0.2) is 0 Å². The Morgan fingerprint density at radius 1 is 1.50 bits per heavy atom. The van der Waals surface area contributed by atoms with Crippen LogP contribution in [0.4, 0.5) is 0 Å². The average Bonchev–Trinajstić information content (AvgIpc) is 1.76. The monoisotopic (exact) mass is 93.0 g/mol. The van der Waals surface area contributed by atoms with Crippen molar-refractivity contribution in [1.29, 1.82) is 0 Å². The van der Waals surface area contributed by atoms with E-state index < -0.39 is 0 Å². The molecule has 0 fully saturated rings. The van der Waals surface area contributed by atoms with Crippen LogP contribution in [0, 0.1) is 0 Å². The van der Waals surface area contributed by atoms with Crippen molar-refractivity contribution >= 4 is 29.6 Å². The SMILES string of the molecule is [Na].c1conn1. The van der Waals surface area contributed by atoms with Crippen LogP contribution in [0.5, 0.6) is 0 Å². The molecule has 1 aromatic heterocycles. The second-order valence-electron chi connectivity index (χ2n) is 0.588. The summed E-state index contributed by atoms with van der Waals surface area (Å²) in [6.45, 7) is 0. The van der Waals surface area contributed by atoms with Crippen LogP contribution in [-0.2, 0) is 0 Å². The van der Waals surface area contributed by atoms with Crippen LogP contribution < -0.4 is 0 Å². The molecule has 6 heavy (non-hydrogen) atoms. The van der Waals surface area contributed by atoms with Crippen molar-refractivity contribution in [3.05, 3.63) is 12.5 Å². The molecule has 0 saturated carbocycles. The van der Waals surface area contributed by atoms with Gasteiger partial charge in [-0.3, -0.25) is 0 Å². The summed E-state index contributed by atoms with van der Waals surface area (Å²) in [5.74, 6) is 0. The Morgan fingerprint density at radius 3 is 2.50 bits per heavy atom. The summed E-state index contributed by atoms with van der Waals surface area (Å²) >= 11 is 0. The average molecular weight is 93.0 g/mol. The van der Waals surface area contributed by atoms with Crippen LogP contribution in [0.25, 0.3) is 0 Å². The minimum absolute atomic E-state index is 0. The van der Waals surface area contributed by atoms with Gasteiger partial charge in [0.15, 0.2) is 0 Å². The number of hydrogen-bond acceptors (Lipinski definition) is 3. The zero-order valence-corrected chi connectivity index (χ0v) is 5.46. The van der Waals surface area contributed by atoms with Crippen molar-refractivity contribution in [3.8, 4) is 0 Å². The van der Waals surface area contributed by atoms with Crippen molar-refractivity contribution in [2.75, 3.05) is 0 Å². The first-order chi connectivity index (χ1) is 2.50. The molecule has 0 N–H and O–H groups in total. The Hall–Kier alpha value is 0.140. The Labute approximate surface area is 57.0 Å². The summed E-state index contributed by atoms with van der Waals surface area (Å²) in [7, 11) is 0. The van der Waals surface area contributed by atoms with E-state index in [1.54, 1.807) is 0 Å². The van der Waals surface area contributed by atoms with Crippen LogP contribution >= 0.6 is 0 Å². The molecular formula is C2H2N2NaO. The van der Waals surface area contributed by atoms with E-state index in [0.29, 0.717) is 0 Å². The number of rotatable bonds is 0. The normalized spacial score (nSPS) is 6.67. The van der Waals surface area contributed by atoms with Crippen molar-refractivity contribution in [3.63, 3.8) is 0 Å². The minimum atomic E-state index is 0. The van der Waals surface area contributed by atoms with Gasteiger partial charge in [0, 0.05) is 34.8 Å². The fourth-order valence-electron chi connectivity index (χ4n) is 0.136. The zero-order valence-electron chi connectivity index (χ0n) is 3.46. The minimum Gasteiger partial charge on any atom is -0.346 e. The smallest absolute Gasteiger partial charge is 0.144 e. The van der Waals surface area contributed by atoms with Gasteiger partial charge in [-0.2, -0.15) is 0 Å². The molecule has 0 aromatic carbocycles. The molecule has 4 heteroatoms. The fourth-order valence-corrected chi connectivity index (χ4v) is 0.136.